The molecule has 2 heterocycles. The second kappa shape index (κ2) is 4.92. The zero-order chi connectivity index (χ0) is 10.7. The molecule has 2 aromatic heterocycles. The quantitative estimate of drug-likeness (QED) is 0.786. The highest BCUT2D eigenvalue weighted by Crippen LogP contribution is 2.22. The van der Waals surface area contributed by atoms with E-state index in [1.807, 2.05) is 17.5 Å². The summed E-state index contributed by atoms with van der Waals surface area (Å²) in [6.07, 6.45) is 2.42. The predicted octanol–water partition coefficient (Wildman–Crippen LogP) is 3.64. The van der Waals surface area contributed by atoms with Crippen LogP contribution in [0.2, 0.25) is 5.02 Å². The molecule has 0 fully saturated rings. The first-order chi connectivity index (χ1) is 7.29. The summed E-state index contributed by atoms with van der Waals surface area (Å²) in [7, 11) is 0. The molecule has 0 saturated carbocycles. The van der Waals surface area contributed by atoms with Gasteiger partial charge in [0, 0.05) is 23.9 Å². The molecule has 15 heavy (non-hydrogen) atoms. The van der Waals surface area contributed by atoms with Gasteiger partial charge in [0.25, 0.3) is 0 Å². The highest BCUT2D eigenvalue weighted by atomic mass is 35.5. The van der Waals surface area contributed by atoms with Crippen molar-refractivity contribution >= 4 is 34.5 Å². The summed E-state index contributed by atoms with van der Waals surface area (Å²) in [5, 5.41) is 3.55. The molecule has 0 spiro atoms. The molecule has 0 unspecified atom stereocenters. The topological polar surface area (TPSA) is 25.8 Å². The van der Waals surface area contributed by atoms with Gasteiger partial charge >= 0.3 is 0 Å². The standard InChI is InChI=1S/C10H8Cl2N2S/c11-4-3-8-6-15-10(14-8)9-2-1-7(12)5-13-9/h1-2,5-6H,3-4H2. The summed E-state index contributed by atoms with van der Waals surface area (Å²) < 4.78 is 0. The molecule has 5 heteroatoms. The van der Waals surface area contributed by atoms with Gasteiger partial charge in [-0.3, -0.25) is 4.98 Å². The molecule has 0 N–H and O–H groups in total. The van der Waals surface area contributed by atoms with Gasteiger partial charge in [0.05, 0.1) is 16.4 Å². The van der Waals surface area contributed by atoms with Crippen molar-refractivity contribution in [3.05, 3.63) is 34.4 Å². The second-order valence-corrected chi connectivity index (χ2v) is 4.62. The lowest BCUT2D eigenvalue weighted by Gasteiger charge is -1.94. The van der Waals surface area contributed by atoms with Crippen molar-refractivity contribution in [1.29, 1.82) is 0 Å². The Morgan fingerprint density at radius 1 is 1.33 bits per heavy atom. The number of hydrogen-bond acceptors (Lipinski definition) is 3. The van der Waals surface area contributed by atoms with Crippen LogP contribution in [0.15, 0.2) is 23.7 Å². The molecule has 2 rings (SSSR count). The van der Waals surface area contributed by atoms with Crippen molar-refractivity contribution in [2.24, 2.45) is 0 Å². The molecular weight excluding hydrogens is 251 g/mol. The molecule has 0 radical (unpaired) electrons. The van der Waals surface area contributed by atoms with Gasteiger partial charge in [-0.25, -0.2) is 4.98 Å². The average molecular weight is 259 g/mol. The maximum Gasteiger partial charge on any atom is 0.142 e. The van der Waals surface area contributed by atoms with E-state index in [4.69, 9.17) is 23.2 Å². The van der Waals surface area contributed by atoms with Crippen LogP contribution in [-0.4, -0.2) is 15.8 Å². The van der Waals surface area contributed by atoms with Crippen LogP contribution < -0.4 is 0 Å². The van der Waals surface area contributed by atoms with Crippen LogP contribution in [0.5, 0.6) is 0 Å². The third-order valence-electron chi connectivity index (χ3n) is 1.85. The Morgan fingerprint density at radius 2 is 2.20 bits per heavy atom. The number of aryl methyl sites for hydroxylation is 1. The minimum absolute atomic E-state index is 0.594. The van der Waals surface area contributed by atoms with Crippen LogP contribution in [0.3, 0.4) is 0 Å². The Balaban J connectivity index is 2.25. The fraction of sp³-hybridized carbons (Fsp3) is 0.200. The van der Waals surface area contributed by atoms with Gasteiger partial charge in [0.15, 0.2) is 0 Å². The average Bonchev–Trinajstić information content (AvgIpc) is 2.68. The largest absolute Gasteiger partial charge is 0.252 e. The van der Waals surface area contributed by atoms with Crippen molar-refractivity contribution in [1.82, 2.24) is 9.97 Å². The maximum atomic E-state index is 5.76. The monoisotopic (exact) mass is 258 g/mol. The smallest absolute Gasteiger partial charge is 0.142 e. The number of alkyl halides is 1. The Kier molecular flexibility index (Phi) is 3.57. The molecule has 0 aromatic carbocycles. The van der Waals surface area contributed by atoms with Crippen molar-refractivity contribution in [2.75, 3.05) is 5.88 Å². The number of nitrogens with zero attached hydrogens (tertiary/aromatic N) is 2. The number of aromatic nitrogens is 2. The van der Waals surface area contributed by atoms with Crippen molar-refractivity contribution in [3.8, 4) is 10.7 Å². The van der Waals surface area contributed by atoms with E-state index in [0.29, 0.717) is 10.9 Å². The summed E-state index contributed by atoms with van der Waals surface area (Å²) in [6, 6.07) is 3.68. The maximum absolute atomic E-state index is 5.76. The fourth-order valence-corrected chi connectivity index (χ4v) is 2.27. The molecule has 2 aromatic rings. The Hall–Kier alpha value is -0.640. The lowest BCUT2D eigenvalue weighted by Crippen LogP contribution is -1.87. The number of halogens is 2. The van der Waals surface area contributed by atoms with Gasteiger partial charge in [-0.05, 0) is 12.1 Å². The number of hydrogen-bond donors (Lipinski definition) is 0. The van der Waals surface area contributed by atoms with Crippen LogP contribution in [0.4, 0.5) is 0 Å². The van der Waals surface area contributed by atoms with E-state index < -0.39 is 0 Å². The van der Waals surface area contributed by atoms with E-state index >= 15 is 0 Å². The van der Waals surface area contributed by atoms with E-state index in [0.717, 1.165) is 22.8 Å². The summed E-state index contributed by atoms with van der Waals surface area (Å²) in [5.41, 5.74) is 1.87. The summed E-state index contributed by atoms with van der Waals surface area (Å²) >= 11 is 13.0. The van der Waals surface area contributed by atoms with Gasteiger partial charge in [-0.1, -0.05) is 11.6 Å². The van der Waals surface area contributed by atoms with Gasteiger partial charge in [0.1, 0.15) is 5.01 Å². The third kappa shape index (κ3) is 2.68. The van der Waals surface area contributed by atoms with Crippen LogP contribution in [0.1, 0.15) is 5.69 Å². The molecule has 2 nitrogen and oxygen atoms in total. The number of thiazole rings is 1. The zero-order valence-electron chi connectivity index (χ0n) is 7.78. The first kappa shape index (κ1) is 10.9. The molecule has 0 bridgehead atoms. The van der Waals surface area contributed by atoms with Gasteiger partial charge in [-0.2, -0.15) is 0 Å². The lowest BCUT2D eigenvalue weighted by atomic mass is 10.3. The van der Waals surface area contributed by atoms with Crippen molar-refractivity contribution < 1.29 is 0 Å². The number of rotatable bonds is 3. The summed E-state index contributed by atoms with van der Waals surface area (Å²) in [5.74, 6) is 0.594. The minimum atomic E-state index is 0.594. The molecule has 0 aliphatic carbocycles. The summed E-state index contributed by atoms with van der Waals surface area (Å²) in [6.45, 7) is 0. The molecule has 0 amide bonds. The first-order valence-corrected chi connectivity index (χ1v) is 6.21. The van der Waals surface area contributed by atoms with Crippen molar-refractivity contribution in [3.63, 3.8) is 0 Å². The second-order valence-electron chi connectivity index (χ2n) is 2.94. The molecule has 0 aliphatic heterocycles. The van der Waals surface area contributed by atoms with E-state index in [1.165, 1.54) is 0 Å². The number of pyridine rings is 1. The van der Waals surface area contributed by atoms with E-state index in [2.05, 4.69) is 9.97 Å². The zero-order valence-corrected chi connectivity index (χ0v) is 10.1. The highest BCUT2D eigenvalue weighted by Gasteiger charge is 2.05. The van der Waals surface area contributed by atoms with Crippen LogP contribution in [0, 0.1) is 0 Å². The first-order valence-electron chi connectivity index (χ1n) is 4.42. The summed E-state index contributed by atoms with van der Waals surface area (Å²) in [4.78, 5) is 8.63. The van der Waals surface area contributed by atoms with E-state index in [9.17, 15) is 0 Å². The fourth-order valence-electron chi connectivity index (χ4n) is 1.14. The molecule has 78 valence electrons. The molecule has 0 saturated heterocycles. The van der Waals surface area contributed by atoms with Crippen molar-refractivity contribution in [2.45, 2.75) is 6.42 Å². The third-order valence-corrected chi connectivity index (χ3v) is 3.18. The van der Waals surface area contributed by atoms with Crippen LogP contribution in [-0.2, 0) is 6.42 Å². The minimum Gasteiger partial charge on any atom is -0.252 e. The van der Waals surface area contributed by atoms with Crippen LogP contribution >= 0.6 is 34.5 Å². The highest BCUT2D eigenvalue weighted by molar-refractivity contribution is 7.13. The Labute approximate surface area is 102 Å². The Morgan fingerprint density at radius 3 is 2.87 bits per heavy atom. The van der Waals surface area contributed by atoms with Gasteiger partial charge < -0.3 is 0 Å². The molecule has 0 atom stereocenters. The SMILES string of the molecule is ClCCc1csc(-c2ccc(Cl)cn2)n1. The molecule has 0 aliphatic rings. The predicted molar refractivity (Wildman–Crippen MR) is 64.8 cm³/mol. The Bertz CT molecular complexity index is 439. The van der Waals surface area contributed by atoms with Crippen LogP contribution in [0.25, 0.3) is 10.7 Å². The molecular formula is C10H8Cl2N2S. The van der Waals surface area contributed by atoms with E-state index in [-0.39, 0.29) is 0 Å². The normalized spacial score (nSPS) is 10.5. The lowest BCUT2D eigenvalue weighted by molar-refractivity contribution is 1.07. The van der Waals surface area contributed by atoms with Gasteiger partial charge in [-0.15, -0.1) is 22.9 Å². The van der Waals surface area contributed by atoms with Gasteiger partial charge in [0.2, 0.25) is 0 Å². The van der Waals surface area contributed by atoms with E-state index in [1.54, 1.807) is 17.5 Å².